The molecule has 1 aliphatic heterocycles. The Morgan fingerprint density at radius 3 is 2.50 bits per heavy atom. The quantitative estimate of drug-likeness (QED) is 0.817. The summed E-state index contributed by atoms with van der Waals surface area (Å²) >= 11 is 0. The maximum Gasteiger partial charge on any atom is 0.274 e. The minimum Gasteiger partial charge on any atom is -0.493 e. The van der Waals surface area contributed by atoms with Crippen molar-refractivity contribution in [3.63, 3.8) is 0 Å². The Kier molecular flexibility index (Phi) is 6.18. The number of hydrogen-bond acceptors (Lipinski definition) is 7. The van der Waals surface area contributed by atoms with Crippen LogP contribution in [0.25, 0.3) is 0 Å². The van der Waals surface area contributed by atoms with E-state index in [1.807, 2.05) is 0 Å². The van der Waals surface area contributed by atoms with Crippen molar-refractivity contribution < 1.29 is 19.0 Å². The fourth-order valence-corrected chi connectivity index (χ4v) is 3.35. The zero-order valence-electron chi connectivity index (χ0n) is 16.7. The predicted octanol–water partition coefficient (Wildman–Crippen LogP) is 2.99. The highest BCUT2D eigenvalue weighted by Gasteiger charge is 2.20. The first-order chi connectivity index (χ1) is 13.5. The maximum absolute atomic E-state index is 12.7. The lowest BCUT2D eigenvalue weighted by Crippen LogP contribution is -2.35. The minimum atomic E-state index is -0.331. The largest absolute Gasteiger partial charge is 0.493 e. The molecule has 150 valence electrons. The van der Waals surface area contributed by atoms with Crippen LogP contribution in [-0.2, 0) is 0 Å². The number of nitrogens with one attached hydrogen (secondary N) is 1. The van der Waals surface area contributed by atoms with E-state index in [2.05, 4.69) is 27.1 Å². The topological polar surface area (TPSA) is 85.8 Å². The Labute approximate surface area is 164 Å². The van der Waals surface area contributed by atoms with Gasteiger partial charge in [0, 0.05) is 37.1 Å². The van der Waals surface area contributed by atoms with Gasteiger partial charge >= 0.3 is 0 Å². The van der Waals surface area contributed by atoms with Gasteiger partial charge in [-0.2, -0.15) is 0 Å². The second-order valence-corrected chi connectivity index (χ2v) is 6.80. The van der Waals surface area contributed by atoms with Crippen molar-refractivity contribution in [1.82, 2.24) is 9.97 Å². The number of rotatable bonds is 6. The molecule has 8 heteroatoms. The highest BCUT2D eigenvalue weighted by Crippen LogP contribution is 2.40. The lowest BCUT2D eigenvalue weighted by Gasteiger charge is -2.30. The molecule has 1 aromatic carbocycles. The number of carbonyl (C=O) groups excluding carboxylic acids is 1. The molecular formula is C20H26N4O4. The van der Waals surface area contributed by atoms with Crippen LogP contribution in [0.1, 0.15) is 30.3 Å². The molecule has 1 aliphatic rings. The average Bonchev–Trinajstić information content (AvgIpc) is 2.73. The Morgan fingerprint density at radius 2 is 1.89 bits per heavy atom. The van der Waals surface area contributed by atoms with Gasteiger partial charge in [-0.25, -0.2) is 9.97 Å². The number of methoxy groups -OCH3 is 3. The maximum atomic E-state index is 12.7. The van der Waals surface area contributed by atoms with Gasteiger partial charge in [-0.05, 0) is 24.8 Å². The van der Waals surface area contributed by atoms with Crippen molar-refractivity contribution in [3.8, 4) is 17.2 Å². The third-order valence-corrected chi connectivity index (χ3v) is 4.74. The zero-order chi connectivity index (χ0) is 20.1. The lowest BCUT2D eigenvalue weighted by atomic mass is 10.0. The van der Waals surface area contributed by atoms with Crippen LogP contribution in [0.15, 0.2) is 24.4 Å². The summed E-state index contributed by atoms with van der Waals surface area (Å²) in [5.74, 6) is 2.23. The summed E-state index contributed by atoms with van der Waals surface area (Å²) in [6, 6.07) is 4.95. The highest BCUT2D eigenvalue weighted by molar-refractivity contribution is 6.03. The molecule has 1 N–H and O–H groups in total. The SMILES string of the molecule is COc1cc(NC(=O)c2ccnc(N3CCCC(C)C3)n2)cc(OC)c1OC. The molecule has 8 nitrogen and oxygen atoms in total. The summed E-state index contributed by atoms with van der Waals surface area (Å²) < 4.78 is 16.0. The number of anilines is 2. The summed E-state index contributed by atoms with van der Waals surface area (Å²) in [5, 5.41) is 2.83. The molecule has 1 aromatic heterocycles. The summed E-state index contributed by atoms with van der Waals surface area (Å²) in [6.07, 6.45) is 3.93. The van der Waals surface area contributed by atoms with Crippen LogP contribution in [0, 0.1) is 5.92 Å². The highest BCUT2D eigenvalue weighted by atomic mass is 16.5. The molecule has 1 fully saturated rings. The molecule has 0 radical (unpaired) electrons. The van der Waals surface area contributed by atoms with E-state index in [1.54, 1.807) is 24.4 Å². The second-order valence-electron chi connectivity index (χ2n) is 6.80. The van der Waals surface area contributed by atoms with Crippen molar-refractivity contribution >= 4 is 17.5 Å². The molecule has 0 spiro atoms. The van der Waals surface area contributed by atoms with E-state index in [1.165, 1.54) is 27.8 Å². The molecular weight excluding hydrogens is 360 g/mol. The van der Waals surface area contributed by atoms with E-state index in [0.29, 0.717) is 40.5 Å². The van der Waals surface area contributed by atoms with E-state index < -0.39 is 0 Å². The van der Waals surface area contributed by atoms with Crippen molar-refractivity contribution in [2.75, 3.05) is 44.6 Å². The fraction of sp³-hybridized carbons (Fsp3) is 0.450. The average molecular weight is 386 g/mol. The summed E-state index contributed by atoms with van der Waals surface area (Å²) in [4.78, 5) is 23.7. The number of piperidine rings is 1. The zero-order valence-corrected chi connectivity index (χ0v) is 16.7. The van der Waals surface area contributed by atoms with E-state index >= 15 is 0 Å². The third-order valence-electron chi connectivity index (χ3n) is 4.74. The number of amides is 1. The van der Waals surface area contributed by atoms with Gasteiger partial charge in [-0.1, -0.05) is 6.92 Å². The Morgan fingerprint density at radius 1 is 1.18 bits per heavy atom. The number of ether oxygens (including phenoxy) is 3. The first-order valence-electron chi connectivity index (χ1n) is 9.25. The van der Waals surface area contributed by atoms with Crippen molar-refractivity contribution in [1.29, 1.82) is 0 Å². The first kappa shape index (κ1) is 19.7. The molecule has 0 aliphatic carbocycles. The molecule has 0 saturated carbocycles. The van der Waals surface area contributed by atoms with Crippen LogP contribution in [0.3, 0.4) is 0 Å². The number of hydrogen-bond donors (Lipinski definition) is 1. The molecule has 0 bridgehead atoms. The summed E-state index contributed by atoms with van der Waals surface area (Å²) in [5.41, 5.74) is 0.822. The first-order valence-corrected chi connectivity index (χ1v) is 9.25. The van der Waals surface area contributed by atoms with Crippen LogP contribution in [0.5, 0.6) is 17.2 Å². The van der Waals surface area contributed by atoms with Gasteiger partial charge in [-0.3, -0.25) is 4.79 Å². The van der Waals surface area contributed by atoms with Gasteiger partial charge in [0.05, 0.1) is 21.3 Å². The van der Waals surface area contributed by atoms with Crippen molar-refractivity contribution in [2.24, 2.45) is 5.92 Å². The van der Waals surface area contributed by atoms with Gasteiger partial charge < -0.3 is 24.4 Å². The van der Waals surface area contributed by atoms with Crippen molar-refractivity contribution in [3.05, 3.63) is 30.1 Å². The van der Waals surface area contributed by atoms with Crippen LogP contribution in [0.2, 0.25) is 0 Å². The van der Waals surface area contributed by atoms with Gasteiger partial charge in [0.15, 0.2) is 11.5 Å². The summed E-state index contributed by atoms with van der Waals surface area (Å²) in [7, 11) is 4.58. The van der Waals surface area contributed by atoms with E-state index in [9.17, 15) is 4.79 Å². The number of carbonyl (C=O) groups is 1. The summed E-state index contributed by atoms with van der Waals surface area (Å²) in [6.45, 7) is 4.02. The molecule has 2 aromatic rings. The van der Waals surface area contributed by atoms with E-state index in [4.69, 9.17) is 14.2 Å². The van der Waals surface area contributed by atoms with Crippen LogP contribution in [-0.4, -0.2) is 50.3 Å². The number of aromatic nitrogens is 2. The third kappa shape index (κ3) is 4.27. The monoisotopic (exact) mass is 386 g/mol. The molecule has 1 saturated heterocycles. The van der Waals surface area contributed by atoms with E-state index in [0.717, 1.165) is 19.5 Å². The van der Waals surface area contributed by atoms with Gasteiger partial charge in [-0.15, -0.1) is 0 Å². The smallest absolute Gasteiger partial charge is 0.274 e. The number of nitrogens with zero attached hydrogens (tertiary/aromatic N) is 3. The van der Waals surface area contributed by atoms with E-state index in [-0.39, 0.29) is 5.91 Å². The van der Waals surface area contributed by atoms with Gasteiger partial charge in [0.1, 0.15) is 5.69 Å². The van der Waals surface area contributed by atoms with Gasteiger partial charge in [0.25, 0.3) is 5.91 Å². The van der Waals surface area contributed by atoms with Crippen LogP contribution in [0.4, 0.5) is 11.6 Å². The van der Waals surface area contributed by atoms with Crippen LogP contribution < -0.4 is 24.4 Å². The standard InChI is InChI=1S/C20H26N4O4/c1-13-6-5-9-24(12-13)20-21-8-7-15(23-20)19(25)22-14-10-16(26-2)18(28-4)17(11-14)27-3/h7-8,10-11,13H,5-6,9,12H2,1-4H3,(H,22,25). The Hall–Kier alpha value is -3.03. The molecule has 28 heavy (non-hydrogen) atoms. The molecule has 1 atom stereocenters. The minimum absolute atomic E-state index is 0.303. The molecule has 3 rings (SSSR count). The van der Waals surface area contributed by atoms with Gasteiger partial charge in [0.2, 0.25) is 11.7 Å². The Bertz CT molecular complexity index is 818. The predicted molar refractivity (Wildman–Crippen MR) is 107 cm³/mol. The van der Waals surface area contributed by atoms with Crippen molar-refractivity contribution in [2.45, 2.75) is 19.8 Å². The Balaban J connectivity index is 1.81. The second kappa shape index (κ2) is 8.77. The van der Waals surface area contributed by atoms with Crippen LogP contribution >= 0.6 is 0 Å². The normalized spacial score (nSPS) is 16.4. The number of benzene rings is 1. The molecule has 2 heterocycles. The molecule has 1 unspecified atom stereocenters. The lowest BCUT2D eigenvalue weighted by molar-refractivity contribution is 0.102. The fourth-order valence-electron chi connectivity index (χ4n) is 3.35. The molecule has 1 amide bonds.